The van der Waals surface area contributed by atoms with Gasteiger partial charge in [-0.05, 0) is 32.2 Å². The summed E-state index contributed by atoms with van der Waals surface area (Å²) in [4.78, 5) is 16.3. The van der Waals surface area contributed by atoms with Crippen LogP contribution in [0.1, 0.15) is 11.5 Å². The van der Waals surface area contributed by atoms with Gasteiger partial charge in [-0.1, -0.05) is 6.07 Å². The van der Waals surface area contributed by atoms with E-state index >= 15 is 0 Å². The first kappa shape index (κ1) is 15.8. The second-order valence-corrected chi connectivity index (χ2v) is 6.60. The van der Waals surface area contributed by atoms with Gasteiger partial charge in [0.2, 0.25) is 5.56 Å². The molecular formula is C17H21N7O. The Morgan fingerprint density at radius 1 is 1.20 bits per heavy atom. The lowest BCUT2D eigenvalue weighted by Gasteiger charge is -2.44. The average Bonchev–Trinajstić information content (AvgIpc) is 2.91. The average molecular weight is 339 g/mol. The zero-order chi connectivity index (χ0) is 17.6. The summed E-state index contributed by atoms with van der Waals surface area (Å²) in [5.74, 6) is 1.73. The van der Waals surface area contributed by atoms with E-state index in [1.165, 1.54) is 0 Å². The molecule has 8 heteroatoms. The Balaban J connectivity index is 1.43. The van der Waals surface area contributed by atoms with Gasteiger partial charge in [0.05, 0.1) is 0 Å². The van der Waals surface area contributed by atoms with Crippen LogP contribution in [0, 0.1) is 6.92 Å². The molecule has 3 aromatic heterocycles. The van der Waals surface area contributed by atoms with E-state index in [1.807, 2.05) is 38.2 Å². The minimum atomic E-state index is 0.0305. The molecule has 0 spiro atoms. The lowest BCUT2D eigenvalue weighted by molar-refractivity contribution is 0.192. The van der Waals surface area contributed by atoms with Crippen molar-refractivity contribution in [1.82, 2.24) is 29.3 Å². The number of likely N-dealkylation sites (N-methyl/N-ethyl adjacent to an activating group) is 1. The van der Waals surface area contributed by atoms with Crippen molar-refractivity contribution in [3.05, 3.63) is 52.2 Å². The van der Waals surface area contributed by atoms with Gasteiger partial charge in [-0.15, -0.1) is 15.3 Å². The molecule has 0 aromatic carbocycles. The van der Waals surface area contributed by atoms with E-state index in [4.69, 9.17) is 0 Å². The van der Waals surface area contributed by atoms with E-state index in [2.05, 4.69) is 32.1 Å². The number of aryl methyl sites for hydroxylation is 1. The molecule has 0 N–H and O–H groups in total. The molecule has 130 valence electrons. The summed E-state index contributed by atoms with van der Waals surface area (Å²) in [6.07, 6.45) is 0. The third-order valence-electron chi connectivity index (χ3n) is 4.91. The van der Waals surface area contributed by atoms with Gasteiger partial charge in [0.25, 0.3) is 0 Å². The van der Waals surface area contributed by atoms with E-state index in [0.29, 0.717) is 6.04 Å². The highest BCUT2D eigenvalue weighted by molar-refractivity contribution is 5.47. The van der Waals surface area contributed by atoms with Crippen molar-refractivity contribution in [2.75, 3.05) is 25.0 Å². The lowest BCUT2D eigenvalue weighted by Crippen LogP contribution is -2.58. The van der Waals surface area contributed by atoms with Gasteiger partial charge in [0.1, 0.15) is 5.82 Å². The molecule has 3 aromatic rings. The first-order valence-electron chi connectivity index (χ1n) is 8.32. The Morgan fingerprint density at radius 2 is 2.00 bits per heavy atom. The van der Waals surface area contributed by atoms with Crippen LogP contribution in [-0.2, 0) is 13.6 Å². The zero-order valence-electron chi connectivity index (χ0n) is 14.6. The minimum Gasteiger partial charge on any atom is -0.352 e. The topological polar surface area (TPSA) is 71.6 Å². The summed E-state index contributed by atoms with van der Waals surface area (Å²) in [5, 5.41) is 12.7. The van der Waals surface area contributed by atoms with Crippen LogP contribution in [0.25, 0.3) is 5.65 Å². The smallest absolute Gasteiger partial charge is 0.250 e. The van der Waals surface area contributed by atoms with Crippen LogP contribution in [0.5, 0.6) is 0 Å². The van der Waals surface area contributed by atoms with Crippen LogP contribution >= 0.6 is 0 Å². The summed E-state index contributed by atoms with van der Waals surface area (Å²) >= 11 is 0. The molecule has 4 rings (SSSR count). The molecular weight excluding hydrogens is 318 g/mol. The van der Waals surface area contributed by atoms with Gasteiger partial charge < -0.3 is 9.47 Å². The summed E-state index contributed by atoms with van der Waals surface area (Å²) < 4.78 is 3.48. The summed E-state index contributed by atoms with van der Waals surface area (Å²) in [7, 11) is 3.92. The third-order valence-corrected chi connectivity index (χ3v) is 4.91. The number of hydrogen-bond donors (Lipinski definition) is 0. The Hall–Kier alpha value is -2.74. The molecule has 1 aliphatic heterocycles. The summed E-state index contributed by atoms with van der Waals surface area (Å²) in [6.45, 7) is 4.48. The molecule has 25 heavy (non-hydrogen) atoms. The molecule has 0 aliphatic carbocycles. The Labute approximate surface area is 145 Å². The molecule has 1 fully saturated rings. The molecule has 0 bridgehead atoms. The molecule has 0 radical (unpaired) electrons. The van der Waals surface area contributed by atoms with E-state index in [-0.39, 0.29) is 5.56 Å². The standard InChI is InChI=1S/C17H21N7O/c1-12-18-19-15-7-8-16(20-24(12)15)23-10-14(11-23)21(2)9-13-5-4-6-17(25)22(13)3/h4-8,14H,9-11H2,1-3H3. The Bertz CT molecular complexity index is 971. The SMILES string of the molecule is Cc1nnc2ccc(N3CC(N(C)Cc4cccc(=O)n4C)C3)nn12. The normalized spacial score (nSPS) is 15.1. The van der Waals surface area contributed by atoms with Crippen molar-refractivity contribution >= 4 is 11.5 Å². The predicted octanol–water partition coefficient (Wildman–Crippen LogP) is 0.452. The molecule has 0 unspecified atom stereocenters. The van der Waals surface area contributed by atoms with Crippen molar-refractivity contribution in [3.63, 3.8) is 0 Å². The van der Waals surface area contributed by atoms with E-state index in [1.54, 1.807) is 15.1 Å². The molecule has 4 heterocycles. The van der Waals surface area contributed by atoms with Gasteiger partial charge in [0.15, 0.2) is 11.5 Å². The maximum Gasteiger partial charge on any atom is 0.250 e. The first-order valence-corrected chi connectivity index (χ1v) is 8.32. The van der Waals surface area contributed by atoms with Crippen molar-refractivity contribution in [3.8, 4) is 0 Å². The van der Waals surface area contributed by atoms with Gasteiger partial charge >= 0.3 is 0 Å². The Morgan fingerprint density at radius 3 is 2.80 bits per heavy atom. The van der Waals surface area contributed by atoms with Crippen molar-refractivity contribution < 1.29 is 0 Å². The number of aromatic nitrogens is 5. The number of nitrogens with zero attached hydrogens (tertiary/aromatic N) is 7. The number of anilines is 1. The van der Waals surface area contributed by atoms with Gasteiger partial charge in [-0.25, -0.2) is 0 Å². The second kappa shape index (κ2) is 5.96. The van der Waals surface area contributed by atoms with Crippen LogP contribution in [-0.4, -0.2) is 55.5 Å². The van der Waals surface area contributed by atoms with E-state index in [0.717, 1.165) is 42.6 Å². The van der Waals surface area contributed by atoms with Crippen molar-refractivity contribution in [2.24, 2.45) is 7.05 Å². The number of rotatable bonds is 4. The first-order chi connectivity index (χ1) is 12.0. The molecule has 1 saturated heterocycles. The van der Waals surface area contributed by atoms with E-state index < -0.39 is 0 Å². The van der Waals surface area contributed by atoms with Gasteiger partial charge in [0, 0.05) is 44.5 Å². The fraction of sp³-hybridized carbons (Fsp3) is 0.412. The number of fused-ring (bicyclic) bond motifs is 1. The monoisotopic (exact) mass is 339 g/mol. The maximum atomic E-state index is 11.7. The zero-order valence-corrected chi connectivity index (χ0v) is 14.6. The molecule has 0 amide bonds. The number of hydrogen-bond acceptors (Lipinski definition) is 6. The van der Waals surface area contributed by atoms with E-state index in [9.17, 15) is 4.79 Å². The maximum absolute atomic E-state index is 11.7. The highest BCUT2D eigenvalue weighted by Gasteiger charge is 2.31. The van der Waals surface area contributed by atoms with Gasteiger partial charge in [-0.2, -0.15) is 4.52 Å². The number of pyridine rings is 1. The predicted molar refractivity (Wildman–Crippen MR) is 94.7 cm³/mol. The fourth-order valence-electron chi connectivity index (χ4n) is 3.13. The molecule has 8 nitrogen and oxygen atoms in total. The van der Waals surface area contributed by atoms with Crippen molar-refractivity contribution in [2.45, 2.75) is 19.5 Å². The molecule has 0 atom stereocenters. The lowest BCUT2D eigenvalue weighted by atomic mass is 10.1. The highest BCUT2D eigenvalue weighted by atomic mass is 16.1. The molecule has 1 aliphatic rings. The highest BCUT2D eigenvalue weighted by Crippen LogP contribution is 2.22. The van der Waals surface area contributed by atoms with Crippen LogP contribution < -0.4 is 10.5 Å². The quantitative estimate of drug-likeness (QED) is 0.687. The van der Waals surface area contributed by atoms with Crippen LogP contribution in [0.3, 0.4) is 0 Å². The van der Waals surface area contributed by atoms with Crippen LogP contribution in [0.2, 0.25) is 0 Å². The Kier molecular flexibility index (Phi) is 3.76. The third kappa shape index (κ3) is 2.78. The molecule has 0 saturated carbocycles. The van der Waals surface area contributed by atoms with Gasteiger partial charge in [-0.3, -0.25) is 9.69 Å². The fourth-order valence-corrected chi connectivity index (χ4v) is 3.13. The van der Waals surface area contributed by atoms with Crippen LogP contribution in [0.15, 0.2) is 35.1 Å². The summed E-state index contributed by atoms with van der Waals surface area (Å²) in [5.41, 5.74) is 1.82. The van der Waals surface area contributed by atoms with Crippen molar-refractivity contribution in [1.29, 1.82) is 0 Å². The largest absolute Gasteiger partial charge is 0.352 e. The minimum absolute atomic E-state index is 0.0305. The second-order valence-electron chi connectivity index (χ2n) is 6.60. The van der Waals surface area contributed by atoms with Crippen LogP contribution in [0.4, 0.5) is 5.82 Å². The summed E-state index contributed by atoms with van der Waals surface area (Å²) in [6, 6.07) is 9.77.